The smallest absolute Gasteiger partial charge is 0.308 e. The van der Waals surface area contributed by atoms with Crippen molar-refractivity contribution in [3.63, 3.8) is 0 Å². The zero-order valence-electron chi connectivity index (χ0n) is 18.5. The molecule has 0 radical (unpaired) electrons. The lowest BCUT2D eigenvalue weighted by Crippen LogP contribution is -2.05. The molecule has 3 aromatic carbocycles. The van der Waals surface area contributed by atoms with Gasteiger partial charge >= 0.3 is 5.97 Å². The first kappa shape index (κ1) is 21.0. The van der Waals surface area contributed by atoms with Crippen LogP contribution in [0.3, 0.4) is 0 Å². The number of allylic oxidation sites excluding steroid dienone is 2. The van der Waals surface area contributed by atoms with E-state index in [2.05, 4.69) is 36.4 Å². The number of oxazole rings is 1. The van der Waals surface area contributed by atoms with Crippen molar-refractivity contribution in [1.82, 2.24) is 4.98 Å². The van der Waals surface area contributed by atoms with Crippen LogP contribution in [0.2, 0.25) is 0 Å². The maximum absolute atomic E-state index is 11.3. The van der Waals surface area contributed by atoms with Gasteiger partial charge in [0, 0.05) is 23.6 Å². The average Bonchev–Trinajstić information content (AvgIpc) is 3.47. The van der Waals surface area contributed by atoms with Crippen LogP contribution in [0.4, 0.5) is 0 Å². The minimum atomic E-state index is -0.310. The Morgan fingerprint density at radius 1 is 0.970 bits per heavy atom. The molecule has 33 heavy (non-hydrogen) atoms. The van der Waals surface area contributed by atoms with Gasteiger partial charge in [-0.05, 0) is 42.9 Å². The molecule has 0 aliphatic heterocycles. The largest absolute Gasteiger partial charge is 0.436 e. The van der Waals surface area contributed by atoms with Gasteiger partial charge in [0.15, 0.2) is 5.76 Å². The normalized spacial score (nSPS) is 15.3. The number of benzene rings is 3. The third-order valence-electron chi connectivity index (χ3n) is 5.92. The number of hydrogen-bond acceptors (Lipinski definition) is 4. The third kappa shape index (κ3) is 4.65. The molecular weight excluding hydrogens is 410 g/mol. The van der Waals surface area contributed by atoms with E-state index < -0.39 is 0 Å². The lowest BCUT2D eigenvalue weighted by atomic mass is 9.93. The van der Waals surface area contributed by atoms with Gasteiger partial charge in [-0.3, -0.25) is 4.79 Å². The monoisotopic (exact) mass is 435 g/mol. The summed E-state index contributed by atoms with van der Waals surface area (Å²) in [4.78, 5) is 16.3. The molecule has 1 aromatic heterocycles. The highest BCUT2D eigenvalue weighted by atomic mass is 16.5. The molecule has 1 aliphatic rings. The van der Waals surface area contributed by atoms with Crippen LogP contribution in [0.25, 0.3) is 28.2 Å². The maximum Gasteiger partial charge on any atom is 0.308 e. The van der Waals surface area contributed by atoms with Gasteiger partial charge in [0.1, 0.15) is 11.4 Å². The number of ether oxygens (including phenoxy) is 1. The van der Waals surface area contributed by atoms with Gasteiger partial charge in [-0.25, -0.2) is 4.98 Å². The van der Waals surface area contributed by atoms with E-state index in [-0.39, 0.29) is 5.97 Å². The van der Waals surface area contributed by atoms with Gasteiger partial charge in [-0.2, -0.15) is 0 Å². The second-order valence-electron chi connectivity index (χ2n) is 8.31. The van der Waals surface area contributed by atoms with Crippen molar-refractivity contribution in [1.29, 1.82) is 0 Å². The number of esters is 1. The predicted octanol–water partition coefficient (Wildman–Crippen LogP) is 6.97. The van der Waals surface area contributed by atoms with Crippen LogP contribution in [0.15, 0.2) is 95.4 Å². The van der Waals surface area contributed by atoms with Gasteiger partial charge in [0.05, 0.1) is 0 Å². The number of nitrogens with zero attached hydrogens (tertiary/aromatic N) is 1. The fourth-order valence-corrected chi connectivity index (χ4v) is 4.44. The number of rotatable bonds is 6. The molecule has 0 amide bonds. The topological polar surface area (TPSA) is 52.3 Å². The highest BCUT2D eigenvalue weighted by Crippen LogP contribution is 2.40. The van der Waals surface area contributed by atoms with Gasteiger partial charge in [0.2, 0.25) is 5.89 Å². The summed E-state index contributed by atoms with van der Waals surface area (Å²) in [6.07, 6.45) is 5.12. The summed E-state index contributed by atoms with van der Waals surface area (Å²) in [5.74, 6) is 2.04. The third-order valence-corrected chi connectivity index (χ3v) is 5.92. The summed E-state index contributed by atoms with van der Waals surface area (Å²) in [5.41, 5.74) is 5.19. The van der Waals surface area contributed by atoms with E-state index >= 15 is 0 Å². The Kier molecular flexibility index (Phi) is 5.90. The quantitative estimate of drug-likeness (QED) is 0.242. The minimum Gasteiger partial charge on any atom is -0.436 e. The highest BCUT2D eigenvalue weighted by Gasteiger charge is 2.27. The van der Waals surface area contributed by atoms with Crippen LogP contribution in [-0.2, 0) is 11.2 Å². The molecule has 0 spiro atoms. The zero-order valence-corrected chi connectivity index (χ0v) is 18.5. The van der Waals surface area contributed by atoms with Gasteiger partial charge in [-0.1, -0.05) is 78.9 Å². The molecule has 4 aromatic rings. The number of hydrogen-bond donors (Lipinski definition) is 0. The summed E-state index contributed by atoms with van der Waals surface area (Å²) in [5, 5.41) is 0. The van der Waals surface area contributed by atoms with Crippen LogP contribution in [0.1, 0.15) is 31.2 Å². The van der Waals surface area contributed by atoms with Crippen molar-refractivity contribution < 1.29 is 13.9 Å². The van der Waals surface area contributed by atoms with E-state index in [0.717, 1.165) is 53.0 Å². The lowest BCUT2D eigenvalue weighted by Gasteiger charge is -2.13. The van der Waals surface area contributed by atoms with E-state index in [1.807, 2.05) is 54.6 Å². The summed E-state index contributed by atoms with van der Waals surface area (Å²) in [6.45, 7) is 1.42. The fourth-order valence-electron chi connectivity index (χ4n) is 4.44. The van der Waals surface area contributed by atoms with Crippen molar-refractivity contribution in [3.8, 4) is 28.3 Å². The second kappa shape index (κ2) is 9.29. The summed E-state index contributed by atoms with van der Waals surface area (Å²) in [7, 11) is 0. The Labute approximate surface area is 193 Å². The van der Waals surface area contributed by atoms with Gasteiger partial charge < -0.3 is 9.15 Å². The second-order valence-corrected chi connectivity index (χ2v) is 8.31. The van der Waals surface area contributed by atoms with Crippen LogP contribution < -0.4 is 4.74 Å². The Hall–Kier alpha value is -3.92. The molecule has 0 bridgehead atoms. The minimum absolute atomic E-state index is 0.295. The predicted molar refractivity (Wildman–Crippen MR) is 130 cm³/mol. The standard InChI is InChI=1S/C29H25NO3/c1-20(31)32-25-16-8-10-21(19-25)18-24-15-9-17-26(24)29-30-27(22-11-4-2-5-12-22)28(33-29)23-13-6-3-7-14-23/h2-8,10-14,16-17,19,24H,9,15,18H2,1H3. The van der Waals surface area contributed by atoms with Gasteiger partial charge in [0.25, 0.3) is 0 Å². The average molecular weight is 436 g/mol. The highest BCUT2D eigenvalue weighted by molar-refractivity contribution is 5.79. The Balaban J connectivity index is 1.47. The molecule has 0 saturated heterocycles. The van der Waals surface area contributed by atoms with Gasteiger partial charge in [-0.15, -0.1) is 0 Å². The number of carbonyl (C=O) groups excluding carboxylic acids is 1. The molecule has 164 valence electrons. The van der Waals surface area contributed by atoms with Crippen LogP contribution >= 0.6 is 0 Å². The van der Waals surface area contributed by atoms with Crippen LogP contribution in [0.5, 0.6) is 5.75 Å². The fraction of sp³-hybridized carbons (Fsp3) is 0.172. The Morgan fingerprint density at radius 2 is 1.70 bits per heavy atom. The zero-order chi connectivity index (χ0) is 22.6. The first-order valence-corrected chi connectivity index (χ1v) is 11.3. The first-order chi connectivity index (χ1) is 16.2. The molecule has 5 rings (SSSR count). The first-order valence-electron chi connectivity index (χ1n) is 11.3. The van der Waals surface area contributed by atoms with Crippen molar-refractivity contribution in [2.75, 3.05) is 0 Å². The lowest BCUT2D eigenvalue weighted by molar-refractivity contribution is -0.131. The molecule has 0 fully saturated rings. The van der Waals surface area contributed by atoms with E-state index in [0.29, 0.717) is 17.6 Å². The molecule has 1 unspecified atom stereocenters. The number of aromatic nitrogens is 1. The summed E-state index contributed by atoms with van der Waals surface area (Å²) in [6, 6.07) is 28.1. The van der Waals surface area contributed by atoms with Crippen molar-refractivity contribution in [2.45, 2.75) is 26.2 Å². The number of carbonyl (C=O) groups is 1. The van der Waals surface area contributed by atoms with E-state index in [1.54, 1.807) is 0 Å². The van der Waals surface area contributed by atoms with Crippen molar-refractivity contribution in [2.24, 2.45) is 5.92 Å². The van der Waals surface area contributed by atoms with Crippen LogP contribution in [0, 0.1) is 5.92 Å². The summed E-state index contributed by atoms with van der Waals surface area (Å²) >= 11 is 0. The van der Waals surface area contributed by atoms with E-state index in [4.69, 9.17) is 14.1 Å². The SMILES string of the molecule is CC(=O)Oc1cccc(CC2CCC=C2c2nc(-c3ccccc3)c(-c3ccccc3)o2)c1. The molecule has 4 heteroatoms. The summed E-state index contributed by atoms with van der Waals surface area (Å²) < 4.78 is 11.7. The molecule has 0 saturated carbocycles. The van der Waals surface area contributed by atoms with E-state index in [9.17, 15) is 4.79 Å². The molecule has 0 N–H and O–H groups in total. The Morgan fingerprint density at radius 3 is 2.42 bits per heavy atom. The van der Waals surface area contributed by atoms with Crippen molar-refractivity contribution in [3.05, 3.63) is 102 Å². The van der Waals surface area contributed by atoms with E-state index in [1.165, 1.54) is 6.92 Å². The molecule has 1 heterocycles. The van der Waals surface area contributed by atoms with Crippen LogP contribution in [-0.4, -0.2) is 11.0 Å². The molecular formula is C29H25NO3. The maximum atomic E-state index is 11.3. The Bertz CT molecular complexity index is 1230. The molecule has 4 nitrogen and oxygen atoms in total. The molecule has 1 atom stereocenters. The van der Waals surface area contributed by atoms with Crippen molar-refractivity contribution >= 4 is 11.5 Å². The molecule has 1 aliphatic carbocycles.